The molecule has 0 saturated carbocycles. The van der Waals surface area contributed by atoms with E-state index in [9.17, 15) is 22.8 Å². The maximum atomic E-state index is 12.4. The monoisotopic (exact) mass is 438 g/mol. The van der Waals surface area contributed by atoms with E-state index >= 15 is 0 Å². The van der Waals surface area contributed by atoms with Crippen molar-refractivity contribution >= 4 is 44.7 Å². The number of sulfonamides is 1. The third-order valence-corrected chi connectivity index (χ3v) is 6.60. The zero-order valence-electron chi connectivity index (χ0n) is 16.2. The molecule has 1 aromatic carbocycles. The molecule has 0 saturated heterocycles. The summed E-state index contributed by atoms with van der Waals surface area (Å²) in [7, 11) is -3.79. The third kappa shape index (κ3) is 6.48. The number of carbonyl (C=O) groups is 3. The van der Waals surface area contributed by atoms with Gasteiger partial charge in [-0.05, 0) is 42.6 Å². The number of thiophene rings is 1. The maximum Gasteiger partial charge on any atom is 0.321 e. The Kier molecular flexibility index (Phi) is 7.66. The molecular formula is C19H22N2O6S2. The van der Waals surface area contributed by atoms with Gasteiger partial charge in [0.15, 0.2) is 6.10 Å². The normalized spacial score (nSPS) is 12.4. The van der Waals surface area contributed by atoms with E-state index in [0.29, 0.717) is 11.3 Å². The second kappa shape index (κ2) is 9.77. The molecule has 0 aliphatic rings. The lowest BCUT2D eigenvalue weighted by Gasteiger charge is -2.13. The highest BCUT2D eigenvalue weighted by Gasteiger charge is 2.22. The first-order valence-electron chi connectivity index (χ1n) is 8.78. The number of nitrogens with one attached hydrogen (secondary N) is 2. The van der Waals surface area contributed by atoms with E-state index in [1.54, 1.807) is 37.4 Å². The van der Waals surface area contributed by atoms with E-state index in [-0.39, 0.29) is 16.0 Å². The average molecular weight is 439 g/mol. The maximum absolute atomic E-state index is 12.4. The van der Waals surface area contributed by atoms with Crippen LogP contribution in [0.3, 0.4) is 0 Å². The standard InChI is InChI=1S/C19H22N2O6S2/c1-12(2)19(24)21-15-8-6-14(7-9-15)18(23)13(3)27-16(22)11-20-29(25,26)17-5-4-10-28-17/h4-10,12-13,20H,11H2,1-3H3,(H,21,24). The molecule has 1 amide bonds. The minimum Gasteiger partial charge on any atom is -0.453 e. The number of amides is 1. The van der Waals surface area contributed by atoms with Crippen molar-refractivity contribution in [2.75, 3.05) is 11.9 Å². The van der Waals surface area contributed by atoms with Crippen molar-refractivity contribution in [3.8, 4) is 0 Å². The zero-order chi connectivity index (χ0) is 21.6. The molecule has 2 N–H and O–H groups in total. The number of esters is 1. The van der Waals surface area contributed by atoms with Gasteiger partial charge in [-0.15, -0.1) is 11.3 Å². The fourth-order valence-corrected chi connectivity index (χ4v) is 4.18. The van der Waals surface area contributed by atoms with Crippen molar-refractivity contribution in [1.82, 2.24) is 4.72 Å². The number of benzene rings is 1. The second-order valence-corrected chi connectivity index (χ2v) is 9.42. The molecule has 156 valence electrons. The van der Waals surface area contributed by atoms with Crippen molar-refractivity contribution in [3.05, 3.63) is 47.3 Å². The van der Waals surface area contributed by atoms with E-state index in [4.69, 9.17) is 4.74 Å². The van der Waals surface area contributed by atoms with Crippen LogP contribution in [0.15, 0.2) is 46.0 Å². The van der Waals surface area contributed by atoms with Gasteiger partial charge >= 0.3 is 5.97 Å². The number of carbonyl (C=O) groups excluding carboxylic acids is 3. The summed E-state index contributed by atoms with van der Waals surface area (Å²) in [6.45, 7) is 4.36. The van der Waals surface area contributed by atoms with Crippen LogP contribution >= 0.6 is 11.3 Å². The molecule has 0 radical (unpaired) electrons. The first-order valence-corrected chi connectivity index (χ1v) is 11.1. The summed E-state index contributed by atoms with van der Waals surface area (Å²) in [4.78, 5) is 36.0. The van der Waals surface area contributed by atoms with Crippen LogP contribution < -0.4 is 10.0 Å². The average Bonchev–Trinajstić information content (AvgIpc) is 3.22. The van der Waals surface area contributed by atoms with Crippen LogP contribution in [-0.2, 0) is 24.3 Å². The summed E-state index contributed by atoms with van der Waals surface area (Å²) in [6.07, 6.45) is -1.09. The first-order chi connectivity index (χ1) is 13.6. The highest BCUT2D eigenvalue weighted by atomic mass is 32.2. The van der Waals surface area contributed by atoms with Crippen LogP contribution in [0.25, 0.3) is 0 Å². The summed E-state index contributed by atoms with van der Waals surface area (Å²) in [6, 6.07) is 9.19. The van der Waals surface area contributed by atoms with Gasteiger partial charge in [0.25, 0.3) is 10.0 Å². The van der Waals surface area contributed by atoms with Gasteiger partial charge in [-0.2, -0.15) is 4.72 Å². The molecular weight excluding hydrogens is 416 g/mol. The predicted molar refractivity (Wildman–Crippen MR) is 109 cm³/mol. The van der Waals surface area contributed by atoms with Crippen LogP contribution in [0, 0.1) is 5.92 Å². The number of anilines is 1. The van der Waals surface area contributed by atoms with E-state index in [1.165, 1.54) is 25.1 Å². The van der Waals surface area contributed by atoms with Gasteiger partial charge < -0.3 is 10.1 Å². The van der Waals surface area contributed by atoms with Crippen molar-refractivity contribution in [2.24, 2.45) is 5.92 Å². The minimum atomic E-state index is -3.79. The van der Waals surface area contributed by atoms with Crippen LogP contribution in [-0.4, -0.2) is 38.7 Å². The summed E-state index contributed by atoms with van der Waals surface area (Å²) >= 11 is 1.02. The Labute approximate surface area is 173 Å². The fraction of sp³-hybridized carbons (Fsp3) is 0.316. The number of ether oxygens (including phenoxy) is 1. The molecule has 1 unspecified atom stereocenters. The molecule has 1 heterocycles. The van der Waals surface area contributed by atoms with Crippen molar-refractivity contribution in [3.63, 3.8) is 0 Å². The molecule has 0 aliphatic heterocycles. The minimum absolute atomic E-state index is 0.0825. The van der Waals surface area contributed by atoms with Gasteiger partial charge in [0, 0.05) is 17.2 Å². The molecule has 0 spiro atoms. The molecule has 29 heavy (non-hydrogen) atoms. The van der Waals surface area contributed by atoms with Crippen LogP contribution in [0.2, 0.25) is 0 Å². The lowest BCUT2D eigenvalue weighted by molar-refractivity contribution is -0.144. The Bertz CT molecular complexity index is 967. The van der Waals surface area contributed by atoms with Crippen LogP contribution in [0.5, 0.6) is 0 Å². The van der Waals surface area contributed by atoms with Crippen molar-refractivity contribution in [2.45, 2.75) is 31.1 Å². The van der Waals surface area contributed by atoms with E-state index in [2.05, 4.69) is 10.0 Å². The molecule has 0 fully saturated rings. The molecule has 2 rings (SSSR count). The van der Waals surface area contributed by atoms with Gasteiger partial charge in [0.1, 0.15) is 10.8 Å². The van der Waals surface area contributed by atoms with Crippen LogP contribution in [0.4, 0.5) is 5.69 Å². The molecule has 1 atom stereocenters. The quantitative estimate of drug-likeness (QED) is 0.458. The summed E-state index contributed by atoms with van der Waals surface area (Å²) in [5.41, 5.74) is 0.847. The SMILES string of the molecule is CC(C)C(=O)Nc1ccc(C(=O)C(C)OC(=O)CNS(=O)(=O)c2cccs2)cc1. The summed E-state index contributed by atoms with van der Waals surface area (Å²) in [5, 5.41) is 4.32. The molecule has 0 aliphatic carbocycles. The number of Topliss-reactive ketones (excluding diaryl/α,β-unsaturated/α-hetero) is 1. The Balaban J connectivity index is 1.89. The second-order valence-electron chi connectivity index (χ2n) is 6.47. The largest absolute Gasteiger partial charge is 0.453 e. The summed E-state index contributed by atoms with van der Waals surface area (Å²) in [5.74, 6) is -1.63. The Morgan fingerprint density at radius 1 is 1.07 bits per heavy atom. The Morgan fingerprint density at radius 3 is 2.28 bits per heavy atom. The lowest BCUT2D eigenvalue weighted by Crippen LogP contribution is -2.33. The predicted octanol–water partition coefficient (Wildman–Crippen LogP) is 2.44. The van der Waals surface area contributed by atoms with Gasteiger partial charge in [0.2, 0.25) is 11.7 Å². The van der Waals surface area contributed by atoms with E-state index < -0.39 is 34.4 Å². The number of ketones is 1. The smallest absolute Gasteiger partial charge is 0.321 e. The van der Waals surface area contributed by atoms with Crippen LogP contribution in [0.1, 0.15) is 31.1 Å². The molecule has 0 bridgehead atoms. The fourth-order valence-electron chi connectivity index (χ4n) is 2.17. The topological polar surface area (TPSA) is 119 Å². The van der Waals surface area contributed by atoms with E-state index in [0.717, 1.165) is 11.3 Å². The molecule has 8 nitrogen and oxygen atoms in total. The van der Waals surface area contributed by atoms with Crippen molar-refractivity contribution < 1.29 is 27.5 Å². The lowest BCUT2D eigenvalue weighted by atomic mass is 10.1. The zero-order valence-corrected chi connectivity index (χ0v) is 17.8. The first kappa shape index (κ1) is 22.7. The molecule has 10 heteroatoms. The highest BCUT2D eigenvalue weighted by molar-refractivity contribution is 7.91. The number of hydrogen-bond acceptors (Lipinski definition) is 7. The Hall–Kier alpha value is -2.56. The van der Waals surface area contributed by atoms with Crippen molar-refractivity contribution in [1.29, 1.82) is 0 Å². The number of hydrogen-bond donors (Lipinski definition) is 2. The van der Waals surface area contributed by atoms with Gasteiger partial charge in [-0.1, -0.05) is 19.9 Å². The van der Waals surface area contributed by atoms with Gasteiger partial charge in [0.05, 0.1) is 0 Å². The van der Waals surface area contributed by atoms with E-state index in [1.807, 2.05) is 0 Å². The third-order valence-electron chi connectivity index (χ3n) is 3.81. The molecule has 1 aromatic heterocycles. The van der Waals surface area contributed by atoms with Gasteiger partial charge in [-0.3, -0.25) is 14.4 Å². The number of rotatable bonds is 9. The van der Waals surface area contributed by atoms with Gasteiger partial charge in [-0.25, -0.2) is 8.42 Å². The molecule has 2 aromatic rings. The Morgan fingerprint density at radius 2 is 1.72 bits per heavy atom. The highest BCUT2D eigenvalue weighted by Crippen LogP contribution is 2.16. The summed E-state index contributed by atoms with van der Waals surface area (Å²) < 4.78 is 31.2.